The molecule has 0 radical (unpaired) electrons. The molecule has 0 bridgehead atoms. The first-order valence-corrected chi connectivity index (χ1v) is 9.41. The zero-order chi connectivity index (χ0) is 18.7. The molecule has 1 saturated carbocycles. The van der Waals surface area contributed by atoms with Crippen molar-refractivity contribution in [2.75, 3.05) is 27.4 Å². The Morgan fingerprint density at radius 1 is 1.27 bits per heavy atom. The fourth-order valence-corrected chi connectivity index (χ4v) is 4.55. The van der Waals surface area contributed by atoms with Gasteiger partial charge in [-0.05, 0) is 44.4 Å². The second-order valence-corrected chi connectivity index (χ2v) is 7.15. The largest absolute Gasteiger partial charge is 0.497 e. The summed E-state index contributed by atoms with van der Waals surface area (Å²) >= 11 is 0. The number of methoxy groups -OCH3 is 2. The van der Waals surface area contributed by atoms with E-state index in [1.165, 1.54) is 0 Å². The molecule has 1 heterocycles. The highest BCUT2D eigenvalue weighted by Crippen LogP contribution is 2.51. The molecule has 1 aliphatic carbocycles. The molecule has 144 valence electrons. The lowest BCUT2D eigenvalue weighted by Crippen LogP contribution is -2.56. The maximum atomic E-state index is 12.7. The summed E-state index contributed by atoms with van der Waals surface area (Å²) < 4.78 is 16.3. The number of amides is 1. The van der Waals surface area contributed by atoms with Crippen LogP contribution in [0.5, 0.6) is 11.5 Å². The molecule has 0 unspecified atom stereocenters. The molecule has 2 fully saturated rings. The molecule has 1 aliphatic heterocycles. The molecule has 6 nitrogen and oxygen atoms in total. The van der Waals surface area contributed by atoms with E-state index in [-0.39, 0.29) is 18.1 Å². The van der Waals surface area contributed by atoms with Crippen LogP contribution in [0.2, 0.25) is 0 Å². The summed E-state index contributed by atoms with van der Waals surface area (Å²) in [5, 5.41) is 11.3. The van der Waals surface area contributed by atoms with Crippen molar-refractivity contribution in [3.05, 3.63) is 23.8 Å². The van der Waals surface area contributed by atoms with Gasteiger partial charge in [0.15, 0.2) is 0 Å². The summed E-state index contributed by atoms with van der Waals surface area (Å²) in [7, 11) is 3.24. The molecule has 1 saturated heterocycles. The molecule has 3 atom stereocenters. The lowest BCUT2D eigenvalue weighted by Gasteiger charge is -2.52. The minimum Gasteiger partial charge on any atom is -0.497 e. The Morgan fingerprint density at radius 3 is 2.77 bits per heavy atom. The number of ether oxygens (including phenoxy) is 3. The molecule has 6 heteroatoms. The van der Waals surface area contributed by atoms with E-state index < -0.39 is 5.60 Å². The van der Waals surface area contributed by atoms with Crippen molar-refractivity contribution in [3.8, 4) is 11.5 Å². The Balaban J connectivity index is 2.08. The third-order valence-electron chi connectivity index (χ3n) is 5.83. The number of nitrogens with zero attached hydrogens (tertiary/aromatic N) is 1. The third-order valence-corrected chi connectivity index (χ3v) is 5.83. The lowest BCUT2D eigenvalue weighted by atomic mass is 9.66. The molecule has 1 aromatic rings. The predicted molar refractivity (Wildman–Crippen MR) is 97.5 cm³/mol. The molecule has 0 aromatic heterocycles. The van der Waals surface area contributed by atoms with Gasteiger partial charge in [0.25, 0.3) is 0 Å². The quantitative estimate of drug-likeness (QED) is 0.886. The summed E-state index contributed by atoms with van der Waals surface area (Å²) in [6.07, 6.45) is 3.96. The van der Waals surface area contributed by atoms with Crippen LogP contribution >= 0.6 is 0 Å². The molecular formula is C20H29NO5. The smallest absolute Gasteiger partial charge is 0.410 e. The number of fused-ring (bicyclic) bond motifs is 1. The van der Waals surface area contributed by atoms with Crippen LogP contribution < -0.4 is 9.47 Å². The summed E-state index contributed by atoms with van der Waals surface area (Å²) in [6, 6.07) is 5.31. The maximum Gasteiger partial charge on any atom is 0.410 e. The highest BCUT2D eigenvalue weighted by atomic mass is 16.6. The van der Waals surface area contributed by atoms with E-state index in [0.717, 1.165) is 31.2 Å². The molecule has 1 aromatic carbocycles. The van der Waals surface area contributed by atoms with Crippen molar-refractivity contribution >= 4 is 6.09 Å². The first-order chi connectivity index (χ1) is 12.5. The number of piperidine rings is 1. The molecule has 1 amide bonds. The van der Waals surface area contributed by atoms with Crippen LogP contribution in [0.4, 0.5) is 4.79 Å². The van der Waals surface area contributed by atoms with Gasteiger partial charge in [0.1, 0.15) is 11.5 Å². The molecule has 1 N–H and O–H groups in total. The van der Waals surface area contributed by atoms with Crippen LogP contribution in [0, 0.1) is 5.92 Å². The van der Waals surface area contributed by atoms with Gasteiger partial charge in [-0.2, -0.15) is 0 Å². The number of rotatable bonds is 4. The van der Waals surface area contributed by atoms with Crippen molar-refractivity contribution in [2.45, 2.75) is 50.7 Å². The van der Waals surface area contributed by atoms with E-state index in [1.54, 1.807) is 26.0 Å². The maximum absolute atomic E-state index is 12.7. The average molecular weight is 363 g/mol. The van der Waals surface area contributed by atoms with Crippen LogP contribution in [0.1, 0.15) is 50.6 Å². The highest BCUT2D eigenvalue weighted by molar-refractivity contribution is 5.69. The van der Waals surface area contributed by atoms with Crippen molar-refractivity contribution in [3.63, 3.8) is 0 Å². The summed E-state index contributed by atoms with van der Waals surface area (Å²) in [5.74, 6) is 1.35. The minimum atomic E-state index is -0.750. The second kappa shape index (κ2) is 7.74. The van der Waals surface area contributed by atoms with E-state index >= 15 is 0 Å². The van der Waals surface area contributed by atoms with E-state index in [9.17, 15) is 9.90 Å². The normalized spacial score (nSPS) is 28.2. The number of likely N-dealkylation sites (tertiary alicyclic amines) is 1. The SMILES string of the molecule is CCOC(=O)N1CC[C@]2(O)CCCC[C@H]2[C@@H]1c1cc(OC)ccc1OC. The molecule has 0 spiro atoms. The molecule has 3 rings (SSSR count). The Bertz CT molecular complexity index is 649. The average Bonchev–Trinajstić information content (AvgIpc) is 2.66. The first-order valence-electron chi connectivity index (χ1n) is 9.41. The van der Waals surface area contributed by atoms with Crippen molar-refractivity contribution < 1.29 is 24.1 Å². The van der Waals surface area contributed by atoms with Crippen molar-refractivity contribution in [2.24, 2.45) is 5.92 Å². The molecule has 26 heavy (non-hydrogen) atoms. The number of hydrogen-bond acceptors (Lipinski definition) is 5. The van der Waals surface area contributed by atoms with Gasteiger partial charge in [-0.1, -0.05) is 12.8 Å². The monoisotopic (exact) mass is 363 g/mol. The summed E-state index contributed by atoms with van der Waals surface area (Å²) in [6.45, 7) is 2.60. The lowest BCUT2D eigenvalue weighted by molar-refractivity contribution is -0.118. The summed E-state index contributed by atoms with van der Waals surface area (Å²) in [4.78, 5) is 14.4. The number of benzene rings is 1. The van der Waals surface area contributed by atoms with E-state index in [4.69, 9.17) is 14.2 Å². The van der Waals surface area contributed by atoms with Gasteiger partial charge in [-0.15, -0.1) is 0 Å². The van der Waals surface area contributed by atoms with Crippen LogP contribution in [0.25, 0.3) is 0 Å². The van der Waals surface area contributed by atoms with E-state index in [0.29, 0.717) is 31.1 Å². The fraction of sp³-hybridized carbons (Fsp3) is 0.650. The number of carbonyl (C=O) groups excluding carboxylic acids is 1. The van der Waals surface area contributed by atoms with E-state index in [1.807, 2.05) is 18.2 Å². The number of hydrogen-bond donors (Lipinski definition) is 1. The molecule has 2 aliphatic rings. The zero-order valence-electron chi connectivity index (χ0n) is 15.9. The van der Waals surface area contributed by atoms with Crippen LogP contribution in [0.15, 0.2) is 18.2 Å². The zero-order valence-corrected chi connectivity index (χ0v) is 15.9. The first kappa shape index (κ1) is 18.8. The Kier molecular flexibility index (Phi) is 5.61. The standard InChI is InChI=1S/C20H29NO5/c1-4-26-19(22)21-12-11-20(23)10-6-5-7-16(20)18(21)15-13-14(24-2)8-9-17(15)25-3/h8-9,13,16,18,23H,4-7,10-12H2,1-3H3/t16-,18-,20+/m0/s1. The fourth-order valence-electron chi connectivity index (χ4n) is 4.55. The molecular weight excluding hydrogens is 334 g/mol. The van der Waals surface area contributed by atoms with Crippen LogP contribution in [-0.4, -0.2) is 49.1 Å². The van der Waals surface area contributed by atoms with Gasteiger partial charge < -0.3 is 24.2 Å². The van der Waals surface area contributed by atoms with E-state index in [2.05, 4.69) is 0 Å². The van der Waals surface area contributed by atoms with Crippen LogP contribution in [0.3, 0.4) is 0 Å². The number of carbonyl (C=O) groups is 1. The Morgan fingerprint density at radius 2 is 2.08 bits per heavy atom. The van der Waals surface area contributed by atoms with Gasteiger partial charge in [-0.25, -0.2) is 4.79 Å². The van der Waals surface area contributed by atoms with Crippen molar-refractivity contribution in [1.82, 2.24) is 4.90 Å². The third kappa shape index (κ3) is 3.34. The Labute approximate surface area is 155 Å². The van der Waals surface area contributed by atoms with Gasteiger partial charge in [0, 0.05) is 18.0 Å². The van der Waals surface area contributed by atoms with Gasteiger partial charge >= 0.3 is 6.09 Å². The minimum absolute atomic E-state index is 0.0459. The second-order valence-electron chi connectivity index (χ2n) is 7.15. The van der Waals surface area contributed by atoms with Crippen LogP contribution in [-0.2, 0) is 4.74 Å². The highest BCUT2D eigenvalue weighted by Gasteiger charge is 2.51. The predicted octanol–water partition coefficient (Wildman–Crippen LogP) is 3.53. The van der Waals surface area contributed by atoms with Gasteiger partial charge in [0.2, 0.25) is 0 Å². The summed E-state index contributed by atoms with van der Waals surface area (Å²) in [5.41, 5.74) is 0.116. The Hall–Kier alpha value is -1.95. The topological polar surface area (TPSA) is 68.2 Å². The van der Waals surface area contributed by atoms with Crippen molar-refractivity contribution in [1.29, 1.82) is 0 Å². The van der Waals surface area contributed by atoms with Gasteiger partial charge in [-0.3, -0.25) is 0 Å². The van der Waals surface area contributed by atoms with Gasteiger partial charge in [0.05, 0.1) is 32.5 Å². The number of aliphatic hydroxyl groups is 1.